The summed E-state index contributed by atoms with van der Waals surface area (Å²) in [7, 11) is 0. The van der Waals surface area contributed by atoms with Gasteiger partial charge in [0, 0.05) is 54.7 Å². The lowest BCUT2D eigenvalue weighted by Gasteiger charge is -2.15. The Balaban J connectivity index is 1.22. The molecule has 0 aliphatic rings. The van der Waals surface area contributed by atoms with Crippen molar-refractivity contribution < 1.29 is 4.42 Å². The van der Waals surface area contributed by atoms with Crippen LogP contribution in [0.1, 0.15) is 0 Å². The van der Waals surface area contributed by atoms with E-state index in [9.17, 15) is 0 Å². The summed E-state index contributed by atoms with van der Waals surface area (Å²) in [6.45, 7) is 0. The van der Waals surface area contributed by atoms with Crippen molar-refractivity contribution in [2.24, 2.45) is 0 Å². The van der Waals surface area contributed by atoms with Crippen LogP contribution in [0.25, 0.3) is 116 Å². The highest BCUT2D eigenvalue weighted by Gasteiger charge is 2.26. The maximum atomic E-state index is 7.03. The molecule has 0 bridgehead atoms. The topological polar surface area (TPSA) is 43.9 Å². The van der Waals surface area contributed by atoms with Gasteiger partial charge in [-0.3, -0.25) is 0 Å². The monoisotopic (exact) mass is 713 g/mol. The molecule has 0 unspecified atom stereocenters. The molecule has 0 amide bonds. The second kappa shape index (κ2) is 12.0. The van der Waals surface area contributed by atoms with Crippen molar-refractivity contribution in [2.45, 2.75) is 0 Å². The molecule has 4 heteroatoms. The molecule has 3 heterocycles. The summed E-state index contributed by atoms with van der Waals surface area (Å²) in [5, 5.41) is 12.0. The highest BCUT2D eigenvalue weighted by molar-refractivity contribution is 6.44. The van der Waals surface area contributed by atoms with Crippen molar-refractivity contribution in [2.75, 3.05) is 0 Å². The third kappa shape index (κ3) is 4.47. The number of furan rings is 1. The molecule has 0 atom stereocenters. The summed E-state index contributed by atoms with van der Waals surface area (Å²) < 4.78 is 9.42. The molecule has 12 rings (SSSR count). The molecule has 9 aromatic carbocycles. The Hall–Kier alpha value is -7.56. The van der Waals surface area contributed by atoms with Gasteiger partial charge in [0.25, 0.3) is 0 Å². The van der Waals surface area contributed by atoms with E-state index in [0.29, 0.717) is 5.82 Å². The summed E-state index contributed by atoms with van der Waals surface area (Å²) in [6.07, 6.45) is 0. The normalized spacial score (nSPS) is 11.9. The second-order valence-electron chi connectivity index (χ2n) is 14.5. The van der Waals surface area contributed by atoms with E-state index in [2.05, 4.69) is 180 Å². The van der Waals surface area contributed by atoms with Gasteiger partial charge in [0.1, 0.15) is 5.58 Å². The summed E-state index contributed by atoms with van der Waals surface area (Å²) in [5.74, 6) is 0.671. The number of hydrogen-bond acceptors (Lipinski definition) is 3. The lowest BCUT2D eigenvalue weighted by Crippen LogP contribution is -1.98. The number of benzene rings is 9. The van der Waals surface area contributed by atoms with Crippen LogP contribution in [0.4, 0.5) is 0 Å². The number of nitrogens with zero attached hydrogens (tertiary/aromatic N) is 3. The van der Waals surface area contributed by atoms with Crippen LogP contribution < -0.4 is 0 Å². The van der Waals surface area contributed by atoms with Crippen molar-refractivity contribution in [3.63, 3.8) is 0 Å². The largest absolute Gasteiger partial charge is 0.454 e. The Morgan fingerprint density at radius 2 is 0.893 bits per heavy atom. The SMILES string of the molecule is c1ccc(-c2cc(-c3ccccc3)nc(-c3cccc(-n4c5ccccc5c5c6c7ccccc7c7ccccc7c6c6c7ccccc7oc6c54)c3)n2)cc1. The minimum absolute atomic E-state index is 0.671. The predicted octanol–water partition coefficient (Wildman–Crippen LogP) is 13.9. The fourth-order valence-electron chi connectivity index (χ4n) is 8.97. The van der Waals surface area contributed by atoms with Gasteiger partial charge in [0.15, 0.2) is 11.4 Å². The van der Waals surface area contributed by atoms with E-state index in [-0.39, 0.29) is 0 Å². The number of para-hydroxylation sites is 2. The van der Waals surface area contributed by atoms with Crippen LogP contribution in [0.3, 0.4) is 0 Å². The number of hydrogen-bond donors (Lipinski definition) is 0. The summed E-state index contributed by atoms with van der Waals surface area (Å²) in [4.78, 5) is 10.4. The molecule has 12 aromatic rings. The standard InChI is InChI=1S/C52H31N3O/c1-3-16-32(17-4-1)42-31-43(33-18-5-2-6-19-33)54-52(53-42)34-20-15-21-35(30-34)55-44-28-13-11-26-40(44)48-46-38-24-9-7-22-36(38)37-23-8-10-25-39(37)47(46)49-41-27-12-14-29-45(41)56-51(49)50(48)55/h1-31H. The second-order valence-corrected chi connectivity index (χ2v) is 14.5. The summed E-state index contributed by atoms with van der Waals surface area (Å²) >= 11 is 0. The van der Waals surface area contributed by atoms with Gasteiger partial charge in [0.05, 0.1) is 22.4 Å². The first kappa shape index (κ1) is 30.9. The van der Waals surface area contributed by atoms with E-state index in [1.807, 2.05) is 12.1 Å². The van der Waals surface area contributed by atoms with Gasteiger partial charge in [0.2, 0.25) is 0 Å². The van der Waals surface area contributed by atoms with Crippen LogP contribution >= 0.6 is 0 Å². The van der Waals surface area contributed by atoms with Crippen LogP contribution in [0.5, 0.6) is 0 Å². The van der Waals surface area contributed by atoms with Crippen molar-refractivity contribution in [1.29, 1.82) is 0 Å². The fourth-order valence-corrected chi connectivity index (χ4v) is 8.97. The minimum Gasteiger partial charge on any atom is -0.454 e. The van der Waals surface area contributed by atoms with Gasteiger partial charge in [-0.1, -0.05) is 158 Å². The zero-order valence-electron chi connectivity index (χ0n) is 30.1. The lowest BCUT2D eigenvalue weighted by atomic mass is 9.89. The molecule has 56 heavy (non-hydrogen) atoms. The molecule has 0 aliphatic heterocycles. The molecule has 3 aromatic heterocycles. The van der Waals surface area contributed by atoms with Gasteiger partial charge < -0.3 is 8.98 Å². The van der Waals surface area contributed by atoms with Crippen molar-refractivity contribution in [3.05, 3.63) is 188 Å². The van der Waals surface area contributed by atoms with Gasteiger partial charge in [-0.05, 0) is 51.9 Å². The van der Waals surface area contributed by atoms with Crippen LogP contribution in [0.15, 0.2) is 192 Å². The molecule has 0 saturated heterocycles. The molecule has 0 fully saturated rings. The first-order chi connectivity index (χ1) is 27.8. The van der Waals surface area contributed by atoms with Gasteiger partial charge in [-0.2, -0.15) is 0 Å². The highest BCUT2D eigenvalue weighted by Crippen LogP contribution is 2.50. The smallest absolute Gasteiger partial charge is 0.160 e. The van der Waals surface area contributed by atoms with E-state index < -0.39 is 0 Å². The Morgan fingerprint density at radius 3 is 1.55 bits per heavy atom. The highest BCUT2D eigenvalue weighted by atomic mass is 16.3. The molecule has 4 nitrogen and oxygen atoms in total. The Bertz CT molecular complexity index is 3470. The maximum Gasteiger partial charge on any atom is 0.160 e. The van der Waals surface area contributed by atoms with Crippen LogP contribution in [-0.4, -0.2) is 14.5 Å². The average Bonchev–Trinajstić information content (AvgIpc) is 3.84. The van der Waals surface area contributed by atoms with E-state index >= 15 is 0 Å². The van der Waals surface area contributed by atoms with E-state index in [1.54, 1.807) is 0 Å². The number of fused-ring (bicyclic) bond motifs is 15. The summed E-state index contributed by atoms with van der Waals surface area (Å²) in [5.41, 5.74) is 9.70. The van der Waals surface area contributed by atoms with Crippen LogP contribution in [-0.2, 0) is 0 Å². The average molecular weight is 714 g/mol. The first-order valence-electron chi connectivity index (χ1n) is 19.0. The van der Waals surface area contributed by atoms with Gasteiger partial charge in [-0.15, -0.1) is 0 Å². The van der Waals surface area contributed by atoms with E-state index in [4.69, 9.17) is 14.4 Å². The third-order valence-corrected chi connectivity index (χ3v) is 11.3. The van der Waals surface area contributed by atoms with Crippen molar-refractivity contribution in [1.82, 2.24) is 14.5 Å². The lowest BCUT2D eigenvalue weighted by molar-refractivity contribution is 0.671. The Kier molecular flexibility index (Phi) is 6.60. The molecule has 0 spiro atoms. The molecule has 0 aliphatic carbocycles. The quantitative estimate of drug-likeness (QED) is 0.171. The molecule has 0 radical (unpaired) electrons. The van der Waals surface area contributed by atoms with Crippen LogP contribution in [0.2, 0.25) is 0 Å². The molecule has 260 valence electrons. The predicted molar refractivity (Wildman–Crippen MR) is 232 cm³/mol. The maximum absolute atomic E-state index is 7.03. The fraction of sp³-hybridized carbons (Fsp3) is 0. The van der Waals surface area contributed by atoms with Gasteiger partial charge in [-0.25, -0.2) is 9.97 Å². The summed E-state index contributed by atoms with van der Waals surface area (Å²) in [6, 6.07) is 66.3. The van der Waals surface area contributed by atoms with Gasteiger partial charge >= 0.3 is 0 Å². The number of rotatable bonds is 4. The van der Waals surface area contributed by atoms with E-state index in [1.165, 1.54) is 43.1 Å². The zero-order valence-corrected chi connectivity index (χ0v) is 30.1. The van der Waals surface area contributed by atoms with Crippen molar-refractivity contribution in [3.8, 4) is 39.6 Å². The van der Waals surface area contributed by atoms with Crippen molar-refractivity contribution >= 4 is 76.1 Å². The Morgan fingerprint density at radius 1 is 0.375 bits per heavy atom. The molecule has 0 N–H and O–H groups in total. The van der Waals surface area contributed by atoms with Crippen LogP contribution in [0, 0.1) is 0 Å². The molecular formula is C52H31N3O. The molecule has 0 saturated carbocycles. The van der Waals surface area contributed by atoms with E-state index in [0.717, 1.165) is 66.7 Å². The number of aromatic nitrogens is 3. The third-order valence-electron chi connectivity index (χ3n) is 11.3. The minimum atomic E-state index is 0.671. The zero-order chi connectivity index (χ0) is 36.7. The molecular weight excluding hydrogens is 683 g/mol. The first-order valence-corrected chi connectivity index (χ1v) is 19.0. The Labute approximate surface area is 321 Å².